The zero-order valence-corrected chi connectivity index (χ0v) is 10.3. The summed E-state index contributed by atoms with van der Waals surface area (Å²) < 4.78 is 26.3. The molecule has 0 bridgehead atoms. The van der Waals surface area contributed by atoms with E-state index in [9.17, 15) is 8.78 Å². The highest BCUT2D eigenvalue weighted by molar-refractivity contribution is 6.31. The molecule has 3 nitrogen and oxygen atoms in total. The third-order valence-corrected chi connectivity index (χ3v) is 2.86. The first-order chi connectivity index (χ1) is 9.11. The Morgan fingerprint density at radius 1 is 1.11 bits per heavy atom. The Bertz CT molecular complexity index is 755. The van der Waals surface area contributed by atoms with Crippen LogP contribution in [-0.2, 0) is 0 Å². The van der Waals surface area contributed by atoms with Gasteiger partial charge in [0.25, 0.3) is 0 Å². The summed E-state index contributed by atoms with van der Waals surface area (Å²) in [6, 6.07) is 8.47. The SMILES string of the molecule is Fc1ccc(Nc2nc3ccc(Cl)cc3[nH]2)c(F)c1. The number of anilines is 2. The molecule has 0 atom stereocenters. The molecule has 0 aliphatic heterocycles. The summed E-state index contributed by atoms with van der Waals surface area (Å²) in [6.45, 7) is 0. The molecule has 0 amide bonds. The standard InChI is InChI=1S/C13H8ClF2N3/c14-7-1-3-11-12(5-7)19-13(18-11)17-10-4-2-8(15)6-9(10)16/h1-6H,(H2,17,18,19). The lowest BCUT2D eigenvalue weighted by atomic mass is 10.3. The molecular formula is C13H8ClF2N3. The molecule has 1 heterocycles. The van der Waals surface area contributed by atoms with Crippen molar-refractivity contribution >= 4 is 34.3 Å². The number of nitrogens with zero attached hydrogens (tertiary/aromatic N) is 1. The first-order valence-corrected chi connectivity index (χ1v) is 5.87. The van der Waals surface area contributed by atoms with Gasteiger partial charge in [-0.2, -0.15) is 0 Å². The summed E-state index contributed by atoms with van der Waals surface area (Å²) >= 11 is 5.86. The number of hydrogen-bond acceptors (Lipinski definition) is 2. The molecule has 0 fully saturated rings. The van der Waals surface area contributed by atoms with Gasteiger partial charge in [-0.05, 0) is 30.3 Å². The number of aromatic nitrogens is 2. The van der Waals surface area contributed by atoms with Crippen molar-refractivity contribution in [2.24, 2.45) is 0 Å². The maximum Gasteiger partial charge on any atom is 0.205 e. The van der Waals surface area contributed by atoms with E-state index in [0.717, 1.165) is 11.6 Å². The predicted octanol–water partition coefficient (Wildman–Crippen LogP) is 4.24. The highest BCUT2D eigenvalue weighted by Gasteiger charge is 2.07. The summed E-state index contributed by atoms with van der Waals surface area (Å²) in [5.41, 5.74) is 1.58. The molecule has 6 heteroatoms. The second-order valence-corrected chi connectivity index (χ2v) is 4.43. The second kappa shape index (κ2) is 4.51. The molecule has 0 aliphatic rings. The highest BCUT2D eigenvalue weighted by Crippen LogP contribution is 2.23. The Morgan fingerprint density at radius 3 is 2.74 bits per heavy atom. The van der Waals surface area contributed by atoms with Crippen LogP contribution in [0.15, 0.2) is 36.4 Å². The lowest BCUT2D eigenvalue weighted by Gasteiger charge is -2.03. The van der Waals surface area contributed by atoms with Gasteiger partial charge in [0.1, 0.15) is 11.6 Å². The molecule has 3 rings (SSSR count). The highest BCUT2D eigenvalue weighted by atomic mass is 35.5. The topological polar surface area (TPSA) is 40.7 Å². The average Bonchev–Trinajstić information content (AvgIpc) is 2.74. The van der Waals surface area contributed by atoms with Gasteiger partial charge in [-0.3, -0.25) is 0 Å². The van der Waals surface area contributed by atoms with E-state index in [2.05, 4.69) is 15.3 Å². The molecule has 3 aromatic rings. The van der Waals surface area contributed by atoms with Crippen LogP contribution in [0.4, 0.5) is 20.4 Å². The fraction of sp³-hybridized carbons (Fsp3) is 0. The summed E-state index contributed by atoms with van der Waals surface area (Å²) in [6.07, 6.45) is 0. The van der Waals surface area contributed by atoms with Crippen molar-refractivity contribution in [2.75, 3.05) is 5.32 Å². The molecule has 2 aromatic carbocycles. The molecule has 0 saturated carbocycles. The van der Waals surface area contributed by atoms with Crippen molar-refractivity contribution in [2.45, 2.75) is 0 Å². The van der Waals surface area contributed by atoms with Crippen molar-refractivity contribution in [1.29, 1.82) is 0 Å². The third kappa shape index (κ3) is 2.37. The van der Waals surface area contributed by atoms with Crippen LogP contribution in [0, 0.1) is 11.6 Å². The van der Waals surface area contributed by atoms with E-state index >= 15 is 0 Å². The number of rotatable bonds is 2. The van der Waals surface area contributed by atoms with Crippen molar-refractivity contribution in [3.63, 3.8) is 0 Å². The normalized spacial score (nSPS) is 10.9. The Balaban J connectivity index is 1.96. The maximum absolute atomic E-state index is 13.5. The van der Waals surface area contributed by atoms with Crippen LogP contribution in [0.5, 0.6) is 0 Å². The van der Waals surface area contributed by atoms with Gasteiger partial charge in [-0.15, -0.1) is 0 Å². The lowest BCUT2D eigenvalue weighted by Crippen LogP contribution is -1.95. The molecule has 2 N–H and O–H groups in total. The van der Waals surface area contributed by atoms with Crippen molar-refractivity contribution in [3.8, 4) is 0 Å². The van der Waals surface area contributed by atoms with Gasteiger partial charge in [0.15, 0.2) is 0 Å². The molecule has 0 aliphatic carbocycles. The number of H-pyrrole nitrogens is 1. The van der Waals surface area contributed by atoms with Crippen LogP contribution in [0.1, 0.15) is 0 Å². The molecular weight excluding hydrogens is 272 g/mol. The monoisotopic (exact) mass is 279 g/mol. The van der Waals surface area contributed by atoms with E-state index in [1.165, 1.54) is 12.1 Å². The molecule has 0 radical (unpaired) electrons. The Kier molecular flexibility index (Phi) is 2.83. The van der Waals surface area contributed by atoms with Gasteiger partial charge < -0.3 is 10.3 Å². The summed E-state index contributed by atoms with van der Waals surface area (Å²) in [4.78, 5) is 7.19. The van der Waals surface area contributed by atoms with Gasteiger partial charge in [0.05, 0.1) is 16.7 Å². The summed E-state index contributed by atoms with van der Waals surface area (Å²) in [7, 11) is 0. The minimum atomic E-state index is -0.682. The number of imidazole rings is 1. The van der Waals surface area contributed by atoms with Gasteiger partial charge in [0, 0.05) is 11.1 Å². The van der Waals surface area contributed by atoms with E-state index < -0.39 is 11.6 Å². The van der Waals surface area contributed by atoms with Crippen LogP contribution in [0.25, 0.3) is 11.0 Å². The number of benzene rings is 2. The fourth-order valence-corrected chi connectivity index (χ4v) is 1.93. The smallest absolute Gasteiger partial charge is 0.205 e. The maximum atomic E-state index is 13.5. The zero-order chi connectivity index (χ0) is 13.4. The number of halogens is 3. The Labute approximate surface area is 112 Å². The zero-order valence-electron chi connectivity index (χ0n) is 9.55. The molecule has 19 heavy (non-hydrogen) atoms. The minimum absolute atomic E-state index is 0.145. The van der Waals surface area contributed by atoms with Gasteiger partial charge in [0.2, 0.25) is 5.95 Å². The summed E-state index contributed by atoms with van der Waals surface area (Å²) in [5, 5.41) is 3.34. The van der Waals surface area contributed by atoms with E-state index in [4.69, 9.17) is 11.6 Å². The van der Waals surface area contributed by atoms with Crippen molar-refractivity contribution in [3.05, 3.63) is 53.1 Å². The number of aromatic amines is 1. The van der Waals surface area contributed by atoms with Gasteiger partial charge in [-0.1, -0.05) is 11.6 Å². The number of nitrogens with one attached hydrogen (secondary N) is 2. The Morgan fingerprint density at radius 2 is 1.95 bits per heavy atom. The number of hydrogen-bond donors (Lipinski definition) is 2. The fourth-order valence-electron chi connectivity index (χ4n) is 1.76. The van der Waals surface area contributed by atoms with Crippen molar-refractivity contribution < 1.29 is 8.78 Å². The van der Waals surface area contributed by atoms with Crippen molar-refractivity contribution in [1.82, 2.24) is 9.97 Å². The van der Waals surface area contributed by atoms with Gasteiger partial charge >= 0.3 is 0 Å². The molecule has 96 valence electrons. The molecule has 0 saturated heterocycles. The van der Waals surface area contributed by atoms with E-state index in [1.54, 1.807) is 18.2 Å². The second-order valence-electron chi connectivity index (χ2n) is 4.00. The quantitative estimate of drug-likeness (QED) is 0.737. The largest absolute Gasteiger partial charge is 0.324 e. The molecule has 0 unspecified atom stereocenters. The molecule has 1 aromatic heterocycles. The third-order valence-electron chi connectivity index (χ3n) is 2.63. The first-order valence-electron chi connectivity index (χ1n) is 5.49. The number of fused-ring (bicyclic) bond motifs is 1. The van der Waals surface area contributed by atoms with E-state index in [-0.39, 0.29) is 5.69 Å². The average molecular weight is 280 g/mol. The van der Waals surface area contributed by atoms with Crippen LogP contribution in [0.3, 0.4) is 0 Å². The van der Waals surface area contributed by atoms with Crippen LogP contribution in [-0.4, -0.2) is 9.97 Å². The lowest BCUT2D eigenvalue weighted by molar-refractivity contribution is 0.586. The Hall–Kier alpha value is -2.14. The van der Waals surface area contributed by atoms with Crippen LogP contribution in [0.2, 0.25) is 5.02 Å². The van der Waals surface area contributed by atoms with Gasteiger partial charge in [-0.25, -0.2) is 13.8 Å². The minimum Gasteiger partial charge on any atom is -0.324 e. The first kappa shape index (κ1) is 11.9. The van der Waals surface area contributed by atoms with E-state index in [0.29, 0.717) is 16.5 Å². The predicted molar refractivity (Wildman–Crippen MR) is 70.7 cm³/mol. The molecule has 0 spiro atoms. The van der Waals surface area contributed by atoms with E-state index in [1.807, 2.05) is 0 Å². The summed E-state index contributed by atoms with van der Waals surface area (Å²) in [5.74, 6) is -0.944. The van der Waals surface area contributed by atoms with Crippen LogP contribution < -0.4 is 5.32 Å². The van der Waals surface area contributed by atoms with Crippen LogP contribution >= 0.6 is 11.6 Å².